The molecule has 6 heteroatoms. The summed E-state index contributed by atoms with van der Waals surface area (Å²) in [6.45, 7) is 4.13. The van der Waals surface area contributed by atoms with Gasteiger partial charge in [-0.15, -0.1) is 11.3 Å². The highest BCUT2D eigenvalue weighted by molar-refractivity contribution is 7.17. The second-order valence-corrected chi connectivity index (χ2v) is 9.20. The summed E-state index contributed by atoms with van der Waals surface area (Å²) in [7, 11) is 0. The van der Waals surface area contributed by atoms with Gasteiger partial charge in [-0.1, -0.05) is 49.4 Å². The molecule has 1 aromatic heterocycles. The molecule has 1 aliphatic rings. The van der Waals surface area contributed by atoms with Crippen molar-refractivity contribution in [2.45, 2.75) is 39.2 Å². The van der Waals surface area contributed by atoms with Gasteiger partial charge in [-0.3, -0.25) is 9.59 Å². The lowest BCUT2D eigenvalue weighted by Gasteiger charge is -2.20. The Balaban J connectivity index is 1.65. The summed E-state index contributed by atoms with van der Waals surface area (Å²) < 4.78 is 14.1. The zero-order valence-electron chi connectivity index (χ0n) is 17.6. The molecule has 0 spiro atoms. The topological polar surface area (TPSA) is 58.2 Å². The lowest BCUT2D eigenvalue weighted by Crippen LogP contribution is -2.28. The van der Waals surface area contributed by atoms with Crippen LogP contribution in [0.1, 0.15) is 63.0 Å². The Bertz CT molecular complexity index is 1110. The molecule has 2 aromatic carbocycles. The molecule has 4 nitrogen and oxygen atoms in total. The van der Waals surface area contributed by atoms with Gasteiger partial charge < -0.3 is 10.6 Å². The van der Waals surface area contributed by atoms with Gasteiger partial charge in [0.1, 0.15) is 10.8 Å². The standard InChI is InChI=1S/C25H25FN2O2S/c1-15-12-13-19-21(14-15)31-25(28-23(29)18-10-6-7-11-20(18)26)22(19)24(30)27-16(2)17-8-4-3-5-9-17/h3-11,15-16H,12-14H2,1-2H3,(H,27,30)(H,28,29)/t15-,16-/m1/s1. The number of hydrogen-bond acceptors (Lipinski definition) is 3. The highest BCUT2D eigenvalue weighted by Crippen LogP contribution is 2.40. The van der Waals surface area contributed by atoms with Crippen molar-refractivity contribution in [1.29, 1.82) is 0 Å². The van der Waals surface area contributed by atoms with Gasteiger partial charge in [-0.2, -0.15) is 0 Å². The fourth-order valence-corrected chi connectivity index (χ4v) is 5.39. The molecule has 0 bridgehead atoms. The van der Waals surface area contributed by atoms with Gasteiger partial charge in [0.15, 0.2) is 0 Å². The molecule has 31 heavy (non-hydrogen) atoms. The van der Waals surface area contributed by atoms with Gasteiger partial charge in [-0.05, 0) is 55.4 Å². The van der Waals surface area contributed by atoms with Crippen molar-refractivity contribution >= 4 is 28.2 Å². The van der Waals surface area contributed by atoms with E-state index >= 15 is 0 Å². The zero-order valence-corrected chi connectivity index (χ0v) is 18.4. The van der Waals surface area contributed by atoms with E-state index in [9.17, 15) is 14.0 Å². The summed E-state index contributed by atoms with van der Waals surface area (Å²) in [6.07, 6.45) is 2.67. The largest absolute Gasteiger partial charge is 0.345 e. The van der Waals surface area contributed by atoms with Crippen LogP contribution >= 0.6 is 11.3 Å². The Labute approximate surface area is 185 Å². The molecule has 0 saturated carbocycles. The van der Waals surface area contributed by atoms with Crippen LogP contribution in [0.4, 0.5) is 9.39 Å². The summed E-state index contributed by atoms with van der Waals surface area (Å²) in [5.74, 6) is -0.818. The van der Waals surface area contributed by atoms with Crippen LogP contribution in [0.5, 0.6) is 0 Å². The summed E-state index contributed by atoms with van der Waals surface area (Å²) in [4.78, 5) is 27.2. The van der Waals surface area contributed by atoms with Crippen molar-refractivity contribution in [3.8, 4) is 0 Å². The van der Waals surface area contributed by atoms with Gasteiger partial charge in [0, 0.05) is 4.88 Å². The van der Waals surface area contributed by atoms with E-state index in [0.29, 0.717) is 16.5 Å². The van der Waals surface area contributed by atoms with Crippen LogP contribution in [0, 0.1) is 11.7 Å². The molecule has 1 aliphatic carbocycles. The molecule has 0 saturated heterocycles. The number of rotatable bonds is 5. The van der Waals surface area contributed by atoms with Crippen molar-refractivity contribution in [3.63, 3.8) is 0 Å². The van der Waals surface area contributed by atoms with E-state index < -0.39 is 11.7 Å². The Kier molecular flexibility index (Phi) is 6.18. The first kappa shape index (κ1) is 21.2. The van der Waals surface area contributed by atoms with Gasteiger partial charge in [0.2, 0.25) is 0 Å². The summed E-state index contributed by atoms with van der Waals surface area (Å²) in [6, 6.07) is 15.4. The van der Waals surface area contributed by atoms with Crippen LogP contribution in [0.25, 0.3) is 0 Å². The van der Waals surface area contributed by atoms with Crippen LogP contribution < -0.4 is 10.6 Å². The first-order chi connectivity index (χ1) is 14.9. The van der Waals surface area contributed by atoms with Gasteiger partial charge in [-0.25, -0.2) is 4.39 Å². The van der Waals surface area contributed by atoms with E-state index in [2.05, 4.69) is 17.6 Å². The lowest BCUT2D eigenvalue weighted by atomic mass is 9.88. The molecule has 4 rings (SSSR count). The van der Waals surface area contributed by atoms with Gasteiger partial charge in [0.05, 0.1) is 17.2 Å². The minimum atomic E-state index is -0.585. The number of thiophene rings is 1. The van der Waals surface area contributed by atoms with E-state index in [-0.39, 0.29) is 17.5 Å². The van der Waals surface area contributed by atoms with E-state index in [1.165, 1.54) is 23.5 Å². The highest BCUT2D eigenvalue weighted by atomic mass is 32.1. The third-order valence-corrected chi connectivity index (χ3v) is 6.90. The number of benzene rings is 2. The number of amides is 2. The van der Waals surface area contributed by atoms with Crippen LogP contribution in [-0.4, -0.2) is 11.8 Å². The maximum absolute atomic E-state index is 14.1. The molecule has 0 aliphatic heterocycles. The van der Waals surface area contributed by atoms with E-state index in [1.807, 2.05) is 37.3 Å². The number of fused-ring (bicyclic) bond motifs is 1. The third kappa shape index (κ3) is 4.54. The smallest absolute Gasteiger partial charge is 0.259 e. The number of halogens is 1. The SMILES string of the molecule is C[C@@H]1CCc2c(sc(NC(=O)c3ccccc3F)c2C(=O)N[C@H](C)c2ccccc2)C1. The Morgan fingerprint density at radius 3 is 2.52 bits per heavy atom. The van der Waals surface area contributed by atoms with Crippen LogP contribution in [0.3, 0.4) is 0 Å². The normalized spacial score (nSPS) is 16.3. The molecule has 3 aromatic rings. The van der Waals surface area contributed by atoms with Gasteiger partial charge in [0.25, 0.3) is 11.8 Å². The molecular weight excluding hydrogens is 411 g/mol. The molecule has 1 heterocycles. The number of hydrogen-bond donors (Lipinski definition) is 2. The molecule has 0 radical (unpaired) electrons. The second kappa shape index (κ2) is 9.02. The van der Waals surface area contributed by atoms with Crippen molar-refractivity contribution < 1.29 is 14.0 Å². The monoisotopic (exact) mass is 436 g/mol. The molecule has 0 unspecified atom stereocenters. The fourth-order valence-electron chi connectivity index (χ4n) is 3.99. The maximum Gasteiger partial charge on any atom is 0.259 e. The van der Waals surface area contributed by atoms with E-state index in [1.54, 1.807) is 12.1 Å². The van der Waals surface area contributed by atoms with Crippen LogP contribution in [0.15, 0.2) is 54.6 Å². The van der Waals surface area contributed by atoms with Crippen LogP contribution in [-0.2, 0) is 12.8 Å². The van der Waals surface area contributed by atoms with Crippen molar-refractivity contribution in [2.24, 2.45) is 5.92 Å². The molecule has 2 atom stereocenters. The summed E-state index contributed by atoms with van der Waals surface area (Å²) in [5, 5.41) is 6.37. The fraction of sp³-hybridized carbons (Fsp3) is 0.280. The predicted octanol–water partition coefficient (Wildman–Crippen LogP) is 5.76. The average molecular weight is 437 g/mol. The van der Waals surface area contributed by atoms with Crippen LogP contribution in [0.2, 0.25) is 0 Å². The second-order valence-electron chi connectivity index (χ2n) is 8.10. The Morgan fingerprint density at radius 1 is 1.06 bits per heavy atom. The number of carbonyl (C=O) groups excluding carboxylic acids is 2. The average Bonchev–Trinajstić information content (AvgIpc) is 3.11. The Morgan fingerprint density at radius 2 is 1.77 bits per heavy atom. The maximum atomic E-state index is 14.1. The molecule has 2 amide bonds. The highest BCUT2D eigenvalue weighted by Gasteiger charge is 2.29. The molecule has 0 fully saturated rings. The number of carbonyl (C=O) groups is 2. The first-order valence-corrected chi connectivity index (χ1v) is 11.3. The first-order valence-electron chi connectivity index (χ1n) is 10.5. The molecular formula is C25H25FN2O2S. The summed E-state index contributed by atoms with van der Waals surface area (Å²) in [5.41, 5.74) is 2.49. The number of anilines is 1. The van der Waals surface area contributed by atoms with Crippen molar-refractivity contribution in [1.82, 2.24) is 5.32 Å². The predicted molar refractivity (Wildman–Crippen MR) is 122 cm³/mol. The lowest BCUT2D eigenvalue weighted by molar-refractivity contribution is 0.0940. The third-order valence-electron chi connectivity index (χ3n) is 5.73. The molecule has 160 valence electrons. The molecule has 2 N–H and O–H groups in total. The van der Waals surface area contributed by atoms with E-state index in [4.69, 9.17) is 0 Å². The minimum Gasteiger partial charge on any atom is -0.345 e. The van der Waals surface area contributed by atoms with Crippen molar-refractivity contribution in [3.05, 3.63) is 87.5 Å². The van der Waals surface area contributed by atoms with E-state index in [0.717, 1.165) is 35.3 Å². The van der Waals surface area contributed by atoms with Gasteiger partial charge >= 0.3 is 0 Å². The Hall–Kier alpha value is -2.99. The number of nitrogens with one attached hydrogen (secondary N) is 2. The quantitative estimate of drug-likeness (QED) is 0.535. The van der Waals surface area contributed by atoms with Crippen molar-refractivity contribution in [2.75, 3.05) is 5.32 Å². The zero-order chi connectivity index (χ0) is 22.0. The summed E-state index contributed by atoms with van der Waals surface area (Å²) >= 11 is 1.43. The minimum absolute atomic E-state index is 0.0359.